The summed E-state index contributed by atoms with van der Waals surface area (Å²) in [5.74, 6) is 1.22. The Hall–Kier alpha value is -1.19. The maximum atomic E-state index is 10.6. The molecule has 0 radical (unpaired) electrons. The number of hydrogen-bond donors (Lipinski definition) is 1. The molecule has 0 spiro atoms. The Morgan fingerprint density at radius 2 is 1.46 bits per heavy atom. The number of hydrogen-bond acceptors (Lipinski definition) is 2. The molecule has 0 aromatic heterocycles. The number of unbranched alkanes of at least 4 members (excludes halogenated alkanes) is 10. The average molecular weight is 388 g/mol. The van der Waals surface area contributed by atoms with Crippen molar-refractivity contribution in [3.63, 3.8) is 0 Å². The van der Waals surface area contributed by atoms with Crippen LogP contribution in [-0.4, -0.2) is 34.7 Å². The summed E-state index contributed by atoms with van der Waals surface area (Å²) >= 11 is 0. The van der Waals surface area contributed by atoms with Crippen LogP contribution in [0, 0.1) is 0 Å². The minimum Gasteiger partial charge on any atom is -0.345 e. The molecule has 3 nitrogen and oxygen atoms in total. The molecule has 0 fully saturated rings. The second-order valence-corrected chi connectivity index (χ2v) is 8.62. The van der Waals surface area contributed by atoms with Crippen molar-refractivity contribution >= 4 is 5.84 Å². The van der Waals surface area contributed by atoms with Crippen molar-refractivity contribution < 1.29 is 9.59 Å². The van der Waals surface area contributed by atoms with Crippen molar-refractivity contribution in [2.75, 3.05) is 13.1 Å². The number of aliphatic hydroxyl groups is 1. The van der Waals surface area contributed by atoms with E-state index < -0.39 is 6.23 Å². The van der Waals surface area contributed by atoms with E-state index in [0.29, 0.717) is 4.48 Å². The molecule has 1 heterocycles. The smallest absolute Gasteiger partial charge is 0.200 e. The fourth-order valence-corrected chi connectivity index (χ4v) is 4.49. The predicted octanol–water partition coefficient (Wildman–Crippen LogP) is 6.45. The van der Waals surface area contributed by atoms with Crippen molar-refractivity contribution in [1.82, 2.24) is 0 Å². The van der Waals surface area contributed by atoms with Crippen LogP contribution in [0.2, 0.25) is 0 Å². The molecule has 2 atom stereocenters. The molecule has 28 heavy (non-hydrogen) atoms. The highest BCUT2D eigenvalue weighted by Crippen LogP contribution is 2.26. The van der Waals surface area contributed by atoms with Crippen LogP contribution < -0.4 is 0 Å². The summed E-state index contributed by atoms with van der Waals surface area (Å²) < 4.78 is 0.641. The first-order valence-electron chi connectivity index (χ1n) is 11.8. The maximum Gasteiger partial charge on any atom is 0.200 e. The highest BCUT2D eigenvalue weighted by molar-refractivity contribution is 5.77. The molecule has 3 heteroatoms. The molecule has 1 aliphatic heterocycles. The Morgan fingerprint density at radius 3 is 2.04 bits per heavy atom. The fraction of sp³-hybridized carbons (Fsp3) is 0.720. The Labute approximate surface area is 173 Å². The van der Waals surface area contributed by atoms with E-state index in [1.165, 1.54) is 82.0 Å². The number of amidine groups is 1. The topological polar surface area (TPSA) is 32.6 Å². The molecular formula is C25H43N2O+. The summed E-state index contributed by atoms with van der Waals surface area (Å²) in [6.07, 6.45) is 15.7. The molecule has 1 N–H and O–H groups in total. The van der Waals surface area contributed by atoms with Gasteiger partial charge in [0.15, 0.2) is 6.23 Å². The first kappa shape index (κ1) is 23.1. The Morgan fingerprint density at radius 1 is 0.893 bits per heavy atom. The van der Waals surface area contributed by atoms with Gasteiger partial charge in [0, 0.05) is 18.9 Å². The summed E-state index contributed by atoms with van der Waals surface area (Å²) in [5, 5.41) is 10.6. The normalized spacial score (nSPS) is 20.3. The molecule has 0 aliphatic carbocycles. The van der Waals surface area contributed by atoms with Crippen molar-refractivity contribution in [1.29, 1.82) is 0 Å². The molecule has 158 valence electrons. The van der Waals surface area contributed by atoms with Crippen LogP contribution in [0.1, 0.15) is 96.5 Å². The van der Waals surface area contributed by atoms with Crippen LogP contribution in [0.4, 0.5) is 0 Å². The Bertz CT molecular complexity index is 555. The van der Waals surface area contributed by atoms with E-state index in [1.807, 2.05) is 6.92 Å². The lowest BCUT2D eigenvalue weighted by Gasteiger charge is -2.37. The van der Waals surface area contributed by atoms with Gasteiger partial charge in [0.2, 0.25) is 5.84 Å². The van der Waals surface area contributed by atoms with Crippen LogP contribution >= 0.6 is 0 Å². The summed E-state index contributed by atoms with van der Waals surface area (Å²) in [4.78, 5) is 4.82. The van der Waals surface area contributed by atoms with Gasteiger partial charge in [-0.3, -0.25) is 0 Å². The largest absolute Gasteiger partial charge is 0.345 e. The SMILES string of the molecule is CCCCCCCCCCCCCC1=NCC[N+]1(Cc1ccccc1)C(C)O. The molecule has 0 bridgehead atoms. The highest BCUT2D eigenvalue weighted by atomic mass is 16.3. The van der Waals surface area contributed by atoms with E-state index in [-0.39, 0.29) is 0 Å². The minimum atomic E-state index is -0.394. The molecule has 1 aromatic carbocycles. The zero-order valence-corrected chi connectivity index (χ0v) is 18.4. The molecule has 0 saturated heterocycles. The summed E-state index contributed by atoms with van der Waals surface area (Å²) in [6.45, 7) is 6.85. The third kappa shape index (κ3) is 7.33. The zero-order chi connectivity index (χ0) is 20.1. The first-order chi connectivity index (χ1) is 13.7. The summed E-state index contributed by atoms with van der Waals surface area (Å²) in [5.41, 5.74) is 1.29. The fourth-order valence-electron chi connectivity index (χ4n) is 4.49. The third-order valence-electron chi connectivity index (χ3n) is 6.33. The van der Waals surface area contributed by atoms with Crippen LogP contribution in [0.5, 0.6) is 0 Å². The molecule has 1 aromatic rings. The summed E-state index contributed by atoms with van der Waals surface area (Å²) in [7, 11) is 0. The predicted molar refractivity (Wildman–Crippen MR) is 120 cm³/mol. The van der Waals surface area contributed by atoms with E-state index in [0.717, 1.165) is 26.1 Å². The van der Waals surface area contributed by atoms with Crippen molar-refractivity contribution in [2.45, 2.75) is 104 Å². The van der Waals surface area contributed by atoms with Gasteiger partial charge in [-0.05, 0) is 6.42 Å². The van der Waals surface area contributed by atoms with E-state index in [2.05, 4.69) is 37.3 Å². The van der Waals surface area contributed by atoms with Crippen molar-refractivity contribution in [3.8, 4) is 0 Å². The lowest BCUT2D eigenvalue weighted by atomic mass is 10.0. The van der Waals surface area contributed by atoms with E-state index >= 15 is 0 Å². The van der Waals surface area contributed by atoms with Crippen molar-refractivity contribution in [2.24, 2.45) is 4.99 Å². The number of aliphatic imine (C=N–C) groups is 1. The van der Waals surface area contributed by atoms with Crippen LogP contribution in [0.15, 0.2) is 35.3 Å². The molecular weight excluding hydrogens is 344 g/mol. The lowest BCUT2D eigenvalue weighted by molar-refractivity contribution is -0.896. The minimum absolute atomic E-state index is 0.394. The first-order valence-corrected chi connectivity index (χ1v) is 11.8. The summed E-state index contributed by atoms with van der Waals surface area (Å²) in [6, 6.07) is 10.6. The lowest BCUT2D eigenvalue weighted by Crippen LogP contribution is -2.56. The van der Waals surface area contributed by atoms with Gasteiger partial charge in [0.25, 0.3) is 0 Å². The Kier molecular flexibility index (Phi) is 10.8. The molecule has 0 amide bonds. The van der Waals surface area contributed by atoms with E-state index in [4.69, 9.17) is 4.99 Å². The van der Waals surface area contributed by atoms with Gasteiger partial charge in [-0.1, -0.05) is 101 Å². The molecule has 2 rings (SSSR count). The number of aliphatic hydroxyl groups excluding tert-OH is 1. The zero-order valence-electron chi connectivity index (χ0n) is 18.4. The second-order valence-electron chi connectivity index (χ2n) is 8.62. The number of rotatable bonds is 15. The second kappa shape index (κ2) is 13.1. The van der Waals surface area contributed by atoms with Crippen LogP contribution in [-0.2, 0) is 6.54 Å². The quantitative estimate of drug-likeness (QED) is 0.272. The monoisotopic (exact) mass is 387 g/mol. The maximum absolute atomic E-state index is 10.6. The third-order valence-corrected chi connectivity index (χ3v) is 6.33. The van der Waals surface area contributed by atoms with Gasteiger partial charge < -0.3 is 5.11 Å². The van der Waals surface area contributed by atoms with E-state index in [9.17, 15) is 5.11 Å². The number of nitrogens with zero attached hydrogens (tertiary/aromatic N) is 2. The van der Waals surface area contributed by atoms with Gasteiger partial charge >= 0.3 is 0 Å². The standard InChI is InChI=1S/C25H43N2O/c1-3-4-5-6-7-8-9-10-11-12-16-19-25-26-20-21-27(25,23(2)28)22-24-17-14-13-15-18-24/h13-15,17-18,23,28H,3-12,16,19-22H2,1-2H3/q+1. The van der Waals surface area contributed by atoms with Gasteiger partial charge in [-0.25, -0.2) is 9.48 Å². The molecule has 2 unspecified atom stereocenters. The van der Waals surface area contributed by atoms with Crippen LogP contribution in [0.3, 0.4) is 0 Å². The Balaban J connectivity index is 1.66. The van der Waals surface area contributed by atoms with E-state index in [1.54, 1.807) is 0 Å². The van der Waals surface area contributed by atoms with Crippen LogP contribution in [0.25, 0.3) is 0 Å². The highest BCUT2D eigenvalue weighted by Gasteiger charge is 2.41. The van der Waals surface area contributed by atoms with Gasteiger partial charge in [-0.15, -0.1) is 0 Å². The average Bonchev–Trinajstić information content (AvgIpc) is 3.10. The van der Waals surface area contributed by atoms with Gasteiger partial charge in [0.05, 0.1) is 6.54 Å². The van der Waals surface area contributed by atoms with Gasteiger partial charge in [-0.2, -0.15) is 0 Å². The molecule has 1 aliphatic rings. The van der Waals surface area contributed by atoms with Crippen molar-refractivity contribution in [3.05, 3.63) is 35.9 Å². The number of benzene rings is 1. The molecule has 0 saturated carbocycles. The number of quaternary nitrogens is 1. The van der Waals surface area contributed by atoms with Gasteiger partial charge in [0.1, 0.15) is 13.1 Å².